The van der Waals surface area contributed by atoms with E-state index in [1.165, 1.54) is 11.0 Å². The molecule has 4 heteroatoms. The maximum absolute atomic E-state index is 14.6. The van der Waals surface area contributed by atoms with Gasteiger partial charge in [0.2, 0.25) is 5.91 Å². The molecule has 1 fully saturated rings. The maximum Gasteiger partial charge on any atom is 0.227 e. The summed E-state index contributed by atoms with van der Waals surface area (Å²) in [6.07, 6.45) is 1.21. The molecule has 0 aliphatic carbocycles. The second kappa shape index (κ2) is 6.64. The number of hydrogen-bond donors (Lipinski definition) is 1. The van der Waals surface area contributed by atoms with Gasteiger partial charge in [-0.3, -0.25) is 4.79 Å². The van der Waals surface area contributed by atoms with Crippen molar-refractivity contribution in [1.29, 1.82) is 0 Å². The van der Waals surface area contributed by atoms with Crippen LogP contribution in [0.3, 0.4) is 0 Å². The van der Waals surface area contributed by atoms with Crippen molar-refractivity contribution in [1.82, 2.24) is 0 Å². The first kappa shape index (κ1) is 16.3. The lowest BCUT2D eigenvalue weighted by molar-refractivity contribution is -0.117. The van der Waals surface area contributed by atoms with Crippen LogP contribution in [0.25, 0.3) is 22.3 Å². The second-order valence-corrected chi connectivity index (χ2v) is 6.38. The Morgan fingerprint density at radius 1 is 0.885 bits per heavy atom. The molecule has 1 N–H and O–H groups in total. The molecule has 3 aromatic carbocycles. The molecule has 3 aromatic rings. The van der Waals surface area contributed by atoms with Gasteiger partial charge >= 0.3 is 0 Å². The SMILES string of the molecule is O=C1CCCN1c1ccc(-c2cccc(-c3ccccc3)c2O)cc1F. The van der Waals surface area contributed by atoms with Crippen molar-refractivity contribution in [2.75, 3.05) is 11.4 Å². The van der Waals surface area contributed by atoms with E-state index in [2.05, 4.69) is 0 Å². The molecule has 130 valence electrons. The Morgan fingerprint density at radius 2 is 1.62 bits per heavy atom. The Balaban J connectivity index is 1.75. The highest BCUT2D eigenvalue weighted by atomic mass is 19.1. The van der Waals surface area contributed by atoms with Crippen molar-refractivity contribution >= 4 is 11.6 Å². The first-order valence-electron chi connectivity index (χ1n) is 8.63. The third-order valence-corrected chi connectivity index (χ3v) is 4.74. The molecule has 0 saturated carbocycles. The number of phenols is 1. The number of benzene rings is 3. The molecule has 1 aliphatic rings. The predicted octanol–water partition coefficient (Wildman–Crippen LogP) is 4.99. The minimum Gasteiger partial charge on any atom is -0.507 e. The first-order chi connectivity index (χ1) is 12.6. The van der Waals surface area contributed by atoms with Crippen LogP contribution in [0.1, 0.15) is 12.8 Å². The number of aromatic hydroxyl groups is 1. The van der Waals surface area contributed by atoms with Gasteiger partial charge in [-0.25, -0.2) is 4.39 Å². The standard InChI is InChI=1S/C22H18FNO2/c23-19-14-16(11-12-20(19)24-13-5-10-21(24)25)18-9-4-8-17(22(18)26)15-6-2-1-3-7-15/h1-4,6-9,11-12,14,26H,5,10,13H2. The van der Waals surface area contributed by atoms with Crippen LogP contribution >= 0.6 is 0 Å². The minimum absolute atomic E-state index is 0.0504. The molecule has 4 rings (SSSR count). The van der Waals surface area contributed by atoms with Crippen LogP contribution in [-0.2, 0) is 4.79 Å². The summed E-state index contributed by atoms with van der Waals surface area (Å²) in [5, 5.41) is 10.7. The van der Waals surface area contributed by atoms with Crippen LogP contribution < -0.4 is 4.90 Å². The highest BCUT2D eigenvalue weighted by Gasteiger charge is 2.24. The van der Waals surface area contributed by atoms with Gasteiger partial charge in [-0.05, 0) is 29.7 Å². The molecule has 3 nitrogen and oxygen atoms in total. The lowest BCUT2D eigenvalue weighted by Crippen LogP contribution is -2.24. The number of hydrogen-bond acceptors (Lipinski definition) is 2. The molecule has 0 unspecified atom stereocenters. The van der Waals surface area contributed by atoms with Gasteiger partial charge in [-0.1, -0.05) is 54.6 Å². The molecule has 1 heterocycles. The Labute approximate surface area is 151 Å². The highest BCUT2D eigenvalue weighted by molar-refractivity contribution is 5.95. The zero-order valence-electron chi connectivity index (χ0n) is 14.2. The molecular weight excluding hydrogens is 329 g/mol. The summed E-state index contributed by atoms with van der Waals surface area (Å²) >= 11 is 0. The van der Waals surface area contributed by atoms with Gasteiger partial charge in [0.05, 0.1) is 5.69 Å². The van der Waals surface area contributed by atoms with E-state index in [1.54, 1.807) is 18.2 Å². The summed E-state index contributed by atoms with van der Waals surface area (Å²) in [4.78, 5) is 13.3. The average Bonchev–Trinajstić information content (AvgIpc) is 3.08. The third-order valence-electron chi connectivity index (χ3n) is 4.74. The van der Waals surface area contributed by atoms with Crippen molar-refractivity contribution in [3.63, 3.8) is 0 Å². The number of halogens is 1. The van der Waals surface area contributed by atoms with E-state index in [9.17, 15) is 14.3 Å². The summed E-state index contributed by atoms with van der Waals surface area (Å²) in [6.45, 7) is 0.545. The maximum atomic E-state index is 14.6. The van der Waals surface area contributed by atoms with Gasteiger partial charge in [0.1, 0.15) is 11.6 Å². The zero-order valence-corrected chi connectivity index (χ0v) is 14.2. The summed E-state index contributed by atoms with van der Waals surface area (Å²) in [5.41, 5.74) is 3.03. The number of nitrogens with zero attached hydrogens (tertiary/aromatic N) is 1. The van der Waals surface area contributed by atoms with E-state index in [0.717, 1.165) is 12.0 Å². The van der Waals surface area contributed by atoms with Crippen molar-refractivity contribution in [3.8, 4) is 28.0 Å². The van der Waals surface area contributed by atoms with E-state index in [-0.39, 0.29) is 11.7 Å². The number of carbonyl (C=O) groups is 1. The summed E-state index contributed by atoms with van der Waals surface area (Å²) in [7, 11) is 0. The smallest absolute Gasteiger partial charge is 0.227 e. The van der Waals surface area contributed by atoms with Crippen molar-refractivity contribution in [2.24, 2.45) is 0 Å². The van der Waals surface area contributed by atoms with Crippen LogP contribution in [0.15, 0.2) is 66.7 Å². The molecule has 1 saturated heterocycles. The highest BCUT2D eigenvalue weighted by Crippen LogP contribution is 2.39. The Kier molecular flexibility index (Phi) is 4.17. The van der Waals surface area contributed by atoms with E-state index in [1.807, 2.05) is 42.5 Å². The van der Waals surface area contributed by atoms with Crippen molar-refractivity contribution in [2.45, 2.75) is 12.8 Å². The molecule has 0 spiro atoms. The van der Waals surface area contributed by atoms with E-state index in [0.29, 0.717) is 35.3 Å². The van der Waals surface area contributed by atoms with E-state index in [4.69, 9.17) is 0 Å². The van der Waals surface area contributed by atoms with Crippen LogP contribution in [0, 0.1) is 5.82 Å². The number of rotatable bonds is 3. The fourth-order valence-corrected chi connectivity index (χ4v) is 3.42. The number of amides is 1. The molecular formula is C22H18FNO2. The van der Waals surface area contributed by atoms with E-state index < -0.39 is 5.82 Å². The van der Waals surface area contributed by atoms with Crippen LogP contribution in [0.5, 0.6) is 5.75 Å². The van der Waals surface area contributed by atoms with Gasteiger partial charge in [0, 0.05) is 24.1 Å². The van der Waals surface area contributed by atoms with Gasteiger partial charge in [-0.2, -0.15) is 0 Å². The van der Waals surface area contributed by atoms with Crippen molar-refractivity contribution in [3.05, 3.63) is 72.5 Å². The quantitative estimate of drug-likeness (QED) is 0.725. The fraction of sp³-hybridized carbons (Fsp3) is 0.136. The van der Waals surface area contributed by atoms with Crippen LogP contribution in [0.2, 0.25) is 0 Å². The minimum atomic E-state index is -0.456. The molecule has 1 amide bonds. The van der Waals surface area contributed by atoms with Gasteiger partial charge < -0.3 is 10.0 Å². The monoisotopic (exact) mass is 347 g/mol. The van der Waals surface area contributed by atoms with Gasteiger partial charge in [0.25, 0.3) is 0 Å². The Morgan fingerprint density at radius 3 is 2.27 bits per heavy atom. The summed E-state index contributed by atoms with van der Waals surface area (Å²) in [6, 6.07) is 19.7. The van der Waals surface area contributed by atoms with Gasteiger partial charge in [-0.15, -0.1) is 0 Å². The predicted molar refractivity (Wildman–Crippen MR) is 101 cm³/mol. The molecule has 1 aliphatic heterocycles. The summed E-state index contributed by atoms with van der Waals surface area (Å²) < 4.78 is 14.6. The molecule has 0 atom stereocenters. The van der Waals surface area contributed by atoms with Crippen LogP contribution in [0.4, 0.5) is 10.1 Å². The van der Waals surface area contributed by atoms with Crippen molar-refractivity contribution < 1.29 is 14.3 Å². The molecule has 0 bridgehead atoms. The average molecular weight is 347 g/mol. The normalized spacial score (nSPS) is 14.0. The Hall–Kier alpha value is -3.14. The first-order valence-corrected chi connectivity index (χ1v) is 8.63. The third kappa shape index (κ3) is 2.84. The lowest BCUT2D eigenvalue weighted by Gasteiger charge is -2.17. The second-order valence-electron chi connectivity index (χ2n) is 6.38. The molecule has 0 aromatic heterocycles. The number of phenolic OH excluding ortho intramolecular Hbond substituents is 1. The molecule has 0 radical (unpaired) electrons. The molecule has 26 heavy (non-hydrogen) atoms. The van der Waals surface area contributed by atoms with Gasteiger partial charge in [0.15, 0.2) is 0 Å². The fourth-order valence-electron chi connectivity index (χ4n) is 3.42. The number of carbonyl (C=O) groups excluding carboxylic acids is 1. The summed E-state index contributed by atoms with van der Waals surface area (Å²) in [5.74, 6) is -0.393. The Bertz CT molecular complexity index is 969. The lowest BCUT2D eigenvalue weighted by atomic mass is 9.97. The number of anilines is 1. The zero-order chi connectivity index (χ0) is 18.1. The van der Waals surface area contributed by atoms with Crippen LogP contribution in [-0.4, -0.2) is 17.6 Å². The largest absolute Gasteiger partial charge is 0.507 e. The topological polar surface area (TPSA) is 40.5 Å². The van der Waals surface area contributed by atoms with E-state index >= 15 is 0 Å². The number of para-hydroxylation sites is 1.